The van der Waals surface area contributed by atoms with Crippen molar-refractivity contribution < 1.29 is 23.8 Å². The van der Waals surface area contributed by atoms with Crippen LogP contribution in [0, 0.1) is 11.3 Å². The van der Waals surface area contributed by atoms with Gasteiger partial charge >= 0.3 is 0 Å². The second-order valence-corrected chi connectivity index (χ2v) is 7.71. The fourth-order valence-electron chi connectivity index (χ4n) is 5.10. The highest BCUT2D eigenvalue weighted by Gasteiger charge is 2.59. The highest BCUT2D eigenvalue weighted by atomic mass is 16.5. The van der Waals surface area contributed by atoms with Gasteiger partial charge in [0, 0.05) is 50.5 Å². The van der Waals surface area contributed by atoms with Crippen LogP contribution in [0.3, 0.4) is 0 Å². The number of hydrogen-bond acceptors (Lipinski definition) is 5. The van der Waals surface area contributed by atoms with Gasteiger partial charge in [-0.2, -0.15) is 0 Å². The van der Waals surface area contributed by atoms with Crippen molar-refractivity contribution in [3.63, 3.8) is 0 Å². The molecule has 146 valence electrons. The van der Waals surface area contributed by atoms with Crippen LogP contribution >= 0.6 is 0 Å². The van der Waals surface area contributed by atoms with Crippen LogP contribution in [0.5, 0.6) is 0 Å². The standard InChI is InChI=1S/C20H31NO5/c1-5-19(6-2)15(13(3)16(19)24-4)21-18(22)14-7-10-26-17(14)20(23)8-11-25-12-9-20/h7,10,13,15-16,23H,5-6,8-9,11-12H2,1-4H3,(H,21,22). The molecule has 1 aromatic rings. The van der Waals surface area contributed by atoms with E-state index in [9.17, 15) is 9.90 Å². The largest absolute Gasteiger partial charge is 0.465 e. The van der Waals surface area contributed by atoms with Crippen molar-refractivity contribution in [2.75, 3.05) is 20.3 Å². The third-order valence-corrected chi connectivity index (χ3v) is 6.70. The zero-order valence-electron chi connectivity index (χ0n) is 16.2. The molecular weight excluding hydrogens is 334 g/mol. The molecule has 1 saturated heterocycles. The molecule has 2 heterocycles. The summed E-state index contributed by atoms with van der Waals surface area (Å²) in [5.74, 6) is 0.406. The van der Waals surface area contributed by atoms with Crippen LogP contribution < -0.4 is 5.32 Å². The highest BCUT2D eigenvalue weighted by molar-refractivity contribution is 5.95. The second kappa shape index (κ2) is 7.33. The molecule has 2 N–H and O–H groups in total. The van der Waals surface area contributed by atoms with Gasteiger partial charge in [-0.05, 0) is 18.9 Å². The number of carbonyl (C=O) groups excluding carboxylic acids is 1. The summed E-state index contributed by atoms with van der Waals surface area (Å²) in [5.41, 5.74) is -0.770. The molecule has 3 unspecified atom stereocenters. The third-order valence-electron chi connectivity index (χ3n) is 6.70. The number of amides is 1. The van der Waals surface area contributed by atoms with Gasteiger partial charge < -0.3 is 24.3 Å². The first-order valence-corrected chi connectivity index (χ1v) is 9.65. The first-order chi connectivity index (χ1) is 12.4. The Balaban J connectivity index is 1.80. The number of rotatable bonds is 6. The fraction of sp³-hybridized carbons (Fsp3) is 0.750. The van der Waals surface area contributed by atoms with Gasteiger partial charge in [-0.25, -0.2) is 0 Å². The van der Waals surface area contributed by atoms with E-state index >= 15 is 0 Å². The molecule has 0 spiro atoms. The predicted molar refractivity (Wildman–Crippen MR) is 96.9 cm³/mol. The molecule has 1 amide bonds. The minimum Gasteiger partial charge on any atom is -0.465 e. The minimum absolute atomic E-state index is 0.0435. The summed E-state index contributed by atoms with van der Waals surface area (Å²) < 4.78 is 16.6. The lowest BCUT2D eigenvalue weighted by atomic mass is 9.53. The number of carbonyl (C=O) groups is 1. The van der Waals surface area contributed by atoms with Gasteiger partial charge in [0.05, 0.1) is 17.9 Å². The van der Waals surface area contributed by atoms with E-state index in [0.29, 0.717) is 37.4 Å². The summed E-state index contributed by atoms with van der Waals surface area (Å²) in [6, 6.07) is 1.69. The molecule has 3 rings (SSSR count). The van der Waals surface area contributed by atoms with Crippen molar-refractivity contribution in [1.82, 2.24) is 5.32 Å². The first kappa shape index (κ1) is 19.4. The van der Waals surface area contributed by atoms with E-state index in [1.165, 1.54) is 6.26 Å². The van der Waals surface area contributed by atoms with Crippen LogP contribution in [-0.4, -0.2) is 43.5 Å². The summed E-state index contributed by atoms with van der Waals surface area (Å²) in [7, 11) is 1.74. The maximum Gasteiger partial charge on any atom is 0.255 e. The normalized spacial score (nSPS) is 29.8. The van der Waals surface area contributed by atoms with Crippen molar-refractivity contribution in [2.24, 2.45) is 11.3 Å². The Bertz CT molecular complexity index is 630. The minimum atomic E-state index is -1.14. The summed E-state index contributed by atoms with van der Waals surface area (Å²) in [4.78, 5) is 13.0. The van der Waals surface area contributed by atoms with Crippen molar-refractivity contribution in [3.8, 4) is 0 Å². The van der Waals surface area contributed by atoms with Gasteiger partial charge in [0.25, 0.3) is 5.91 Å². The van der Waals surface area contributed by atoms with E-state index in [-0.39, 0.29) is 29.4 Å². The van der Waals surface area contributed by atoms with Crippen molar-refractivity contribution in [1.29, 1.82) is 0 Å². The van der Waals surface area contributed by atoms with Crippen molar-refractivity contribution >= 4 is 5.91 Å². The van der Waals surface area contributed by atoms with Crippen LogP contribution in [-0.2, 0) is 15.1 Å². The van der Waals surface area contributed by atoms with E-state index in [1.807, 2.05) is 0 Å². The monoisotopic (exact) mass is 365 g/mol. The van der Waals surface area contributed by atoms with E-state index in [0.717, 1.165) is 12.8 Å². The Kier molecular flexibility index (Phi) is 5.47. The topological polar surface area (TPSA) is 80.9 Å². The smallest absolute Gasteiger partial charge is 0.255 e. The van der Waals surface area contributed by atoms with Gasteiger partial charge in [0.2, 0.25) is 0 Å². The maximum absolute atomic E-state index is 13.0. The summed E-state index contributed by atoms with van der Waals surface area (Å²) in [5, 5.41) is 14.1. The van der Waals surface area contributed by atoms with E-state index in [1.54, 1.807) is 13.2 Å². The molecular formula is C20H31NO5. The van der Waals surface area contributed by atoms with E-state index in [4.69, 9.17) is 13.9 Å². The quantitative estimate of drug-likeness (QED) is 0.810. The zero-order valence-corrected chi connectivity index (χ0v) is 16.2. The van der Waals surface area contributed by atoms with Gasteiger partial charge in [-0.15, -0.1) is 0 Å². The molecule has 2 aliphatic rings. The van der Waals surface area contributed by atoms with Gasteiger partial charge in [-0.3, -0.25) is 4.79 Å². The fourth-order valence-corrected chi connectivity index (χ4v) is 5.10. The number of hydrogen-bond donors (Lipinski definition) is 2. The summed E-state index contributed by atoms with van der Waals surface area (Å²) in [6.45, 7) is 7.33. The molecule has 2 fully saturated rings. The molecule has 0 radical (unpaired) electrons. The zero-order chi connectivity index (χ0) is 18.9. The SMILES string of the molecule is CCC1(CC)C(NC(=O)c2ccoc2C2(O)CCOCC2)C(C)C1OC. The Hall–Kier alpha value is -1.37. The van der Waals surface area contributed by atoms with Crippen LogP contribution in [0.1, 0.15) is 62.6 Å². The molecule has 26 heavy (non-hydrogen) atoms. The number of methoxy groups -OCH3 is 1. The van der Waals surface area contributed by atoms with Crippen molar-refractivity contribution in [2.45, 2.75) is 64.2 Å². The second-order valence-electron chi connectivity index (χ2n) is 7.71. The molecule has 1 aromatic heterocycles. The van der Waals surface area contributed by atoms with Crippen LogP contribution in [0.25, 0.3) is 0 Å². The Morgan fingerprint density at radius 2 is 2.00 bits per heavy atom. The number of ether oxygens (including phenoxy) is 2. The van der Waals surface area contributed by atoms with Crippen molar-refractivity contribution in [3.05, 3.63) is 23.7 Å². The number of nitrogens with one attached hydrogen (secondary N) is 1. The molecule has 0 aromatic carbocycles. The highest BCUT2D eigenvalue weighted by Crippen LogP contribution is 2.52. The molecule has 6 nitrogen and oxygen atoms in total. The Morgan fingerprint density at radius 1 is 1.35 bits per heavy atom. The average Bonchev–Trinajstić information content (AvgIpc) is 3.15. The Morgan fingerprint density at radius 3 is 2.58 bits per heavy atom. The third kappa shape index (κ3) is 2.88. The summed E-state index contributed by atoms with van der Waals surface area (Å²) >= 11 is 0. The lowest BCUT2D eigenvalue weighted by Crippen LogP contribution is -2.70. The predicted octanol–water partition coefficient (Wildman–Crippen LogP) is 2.85. The molecule has 1 aliphatic carbocycles. The molecule has 3 atom stereocenters. The Labute approximate surface area is 155 Å². The molecule has 0 bridgehead atoms. The average molecular weight is 365 g/mol. The van der Waals surface area contributed by atoms with Crippen LogP contribution in [0.4, 0.5) is 0 Å². The lowest BCUT2D eigenvalue weighted by Gasteiger charge is -2.59. The maximum atomic E-state index is 13.0. The van der Waals surface area contributed by atoms with Gasteiger partial charge in [0.1, 0.15) is 11.4 Å². The van der Waals surface area contributed by atoms with E-state index in [2.05, 4.69) is 26.1 Å². The van der Waals surface area contributed by atoms with Gasteiger partial charge in [-0.1, -0.05) is 20.8 Å². The lowest BCUT2D eigenvalue weighted by molar-refractivity contribution is -0.164. The summed E-state index contributed by atoms with van der Waals surface area (Å²) in [6.07, 6.45) is 4.37. The van der Waals surface area contributed by atoms with E-state index < -0.39 is 5.60 Å². The number of furan rings is 1. The van der Waals surface area contributed by atoms with Gasteiger partial charge in [0.15, 0.2) is 0 Å². The van der Waals surface area contributed by atoms with Crippen LogP contribution in [0.2, 0.25) is 0 Å². The molecule has 1 saturated carbocycles. The van der Waals surface area contributed by atoms with Crippen LogP contribution in [0.15, 0.2) is 16.7 Å². The molecule has 6 heteroatoms. The number of aliphatic hydroxyl groups is 1. The molecule has 1 aliphatic heterocycles. The first-order valence-electron chi connectivity index (χ1n) is 9.65.